The lowest BCUT2D eigenvalue weighted by atomic mass is 9.99. The monoisotopic (exact) mass is 405 g/mol. The molecule has 0 saturated heterocycles. The highest BCUT2D eigenvalue weighted by atomic mass is 32.1. The van der Waals surface area contributed by atoms with Crippen molar-refractivity contribution < 1.29 is 4.74 Å². The predicted octanol–water partition coefficient (Wildman–Crippen LogP) is 5.02. The number of ether oxygens (including phenoxy) is 1. The van der Waals surface area contributed by atoms with Gasteiger partial charge in [0, 0.05) is 5.56 Å². The van der Waals surface area contributed by atoms with Crippen LogP contribution in [-0.4, -0.2) is 20.2 Å². The van der Waals surface area contributed by atoms with Gasteiger partial charge in [-0.1, -0.05) is 35.9 Å². The Labute approximate surface area is 170 Å². The molecule has 4 aromatic rings. The van der Waals surface area contributed by atoms with Crippen LogP contribution >= 0.6 is 23.6 Å². The quantitative estimate of drug-likeness (QED) is 0.455. The van der Waals surface area contributed by atoms with Crippen molar-refractivity contribution >= 4 is 23.6 Å². The van der Waals surface area contributed by atoms with Crippen molar-refractivity contribution in [2.24, 2.45) is 0 Å². The van der Waals surface area contributed by atoms with Gasteiger partial charge < -0.3 is 4.74 Å². The van der Waals surface area contributed by atoms with E-state index >= 15 is 0 Å². The molecule has 0 aliphatic carbocycles. The van der Waals surface area contributed by atoms with E-state index in [-0.39, 0.29) is 12.5 Å². The first-order valence-corrected chi connectivity index (χ1v) is 9.75. The number of hydrogen-bond donors (Lipinski definition) is 2. The summed E-state index contributed by atoms with van der Waals surface area (Å²) in [6, 6.07) is 16.2. The van der Waals surface area contributed by atoms with Crippen LogP contribution in [0.4, 0.5) is 0 Å². The van der Waals surface area contributed by atoms with E-state index < -0.39 is 0 Å². The highest BCUT2D eigenvalue weighted by molar-refractivity contribution is 7.71. The molecule has 28 heavy (non-hydrogen) atoms. The van der Waals surface area contributed by atoms with Gasteiger partial charge in [-0.3, -0.25) is 10.2 Å². The summed E-state index contributed by atoms with van der Waals surface area (Å²) in [4.78, 5) is 9.72. The molecule has 0 atom stereocenters. The average Bonchev–Trinajstić information content (AvgIpc) is 3.38. The van der Waals surface area contributed by atoms with E-state index in [1.807, 2.05) is 54.8 Å². The van der Waals surface area contributed by atoms with E-state index in [1.165, 1.54) is 0 Å². The first-order valence-electron chi connectivity index (χ1n) is 8.46. The Kier molecular flexibility index (Phi) is 5.02. The summed E-state index contributed by atoms with van der Waals surface area (Å²) in [5.74, 6) is 0.806. The van der Waals surface area contributed by atoms with Crippen LogP contribution in [0.2, 0.25) is 0 Å². The van der Waals surface area contributed by atoms with Crippen molar-refractivity contribution in [3.63, 3.8) is 0 Å². The van der Waals surface area contributed by atoms with Gasteiger partial charge in [0.15, 0.2) is 5.82 Å². The Hall–Kier alpha value is -3.28. The standard InChI is InChI=1S/C20H15N5OS2/c1-12-4-6-13(7-5-12)14-9-16(17-3-2-8-28-17)22-19(15(14)10-21)26-11-18-23-20(27)25-24-18/h2-9H,11H2,1H3,(H2,23,24,25,27). The zero-order valence-electron chi connectivity index (χ0n) is 14.9. The number of aromatic nitrogens is 4. The minimum atomic E-state index is 0.121. The molecule has 0 radical (unpaired) electrons. The maximum absolute atomic E-state index is 9.82. The van der Waals surface area contributed by atoms with Gasteiger partial charge in [0.1, 0.15) is 18.2 Å². The molecule has 0 unspecified atom stereocenters. The second kappa shape index (κ2) is 7.76. The normalized spacial score (nSPS) is 10.6. The summed E-state index contributed by atoms with van der Waals surface area (Å²) in [6.07, 6.45) is 0. The fourth-order valence-electron chi connectivity index (χ4n) is 2.75. The summed E-state index contributed by atoms with van der Waals surface area (Å²) in [7, 11) is 0. The lowest BCUT2D eigenvalue weighted by Gasteiger charge is -2.12. The first-order chi connectivity index (χ1) is 13.6. The van der Waals surface area contributed by atoms with Crippen molar-refractivity contribution in [3.8, 4) is 33.6 Å². The molecular weight excluding hydrogens is 390 g/mol. The van der Waals surface area contributed by atoms with Crippen LogP contribution in [0.3, 0.4) is 0 Å². The molecule has 1 aromatic carbocycles. The van der Waals surface area contributed by atoms with Crippen LogP contribution in [0.5, 0.6) is 5.88 Å². The van der Waals surface area contributed by atoms with Gasteiger partial charge in [-0.25, -0.2) is 9.97 Å². The van der Waals surface area contributed by atoms with Gasteiger partial charge in [0.2, 0.25) is 10.7 Å². The van der Waals surface area contributed by atoms with E-state index in [4.69, 9.17) is 17.0 Å². The van der Waals surface area contributed by atoms with Crippen molar-refractivity contribution in [1.82, 2.24) is 20.2 Å². The molecule has 0 spiro atoms. The minimum absolute atomic E-state index is 0.121. The van der Waals surface area contributed by atoms with Gasteiger partial charge in [-0.15, -0.1) is 11.3 Å². The third-order valence-electron chi connectivity index (χ3n) is 4.13. The number of nitrogens with zero attached hydrogens (tertiary/aromatic N) is 3. The third-order valence-corrected chi connectivity index (χ3v) is 5.22. The van der Waals surface area contributed by atoms with Gasteiger partial charge in [-0.05, 0) is 42.2 Å². The molecule has 0 saturated carbocycles. The van der Waals surface area contributed by atoms with E-state index in [2.05, 4.69) is 26.2 Å². The number of H-pyrrole nitrogens is 2. The molecule has 0 aliphatic rings. The summed E-state index contributed by atoms with van der Waals surface area (Å²) >= 11 is 6.55. The first kappa shape index (κ1) is 18.1. The van der Waals surface area contributed by atoms with Gasteiger partial charge in [0.25, 0.3) is 0 Å². The number of aromatic amines is 2. The molecule has 0 fully saturated rings. The molecule has 138 valence electrons. The third kappa shape index (κ3) is 3.71. The molecule has 6 nitrogen and oxygen atoms in total. The lowest BCUT2D eigenvalue weighted by Crippen LogP contribution is -2.03. The highest BCUT2D eigenvalue weighted by Gasteiger charge is 2.17. The Morgan fingerprint density at radius 3 is 2.64 bits per heavy atom. The summed E-state index contributed by atoms with van der Waals surface area (Å²) in [5, 5.41) is 17.4. The highest BCUT2D eigenvalue weighted by Crippen LogP contribution is 2.35. The second-order valence-corrected chi connectivity index (χ2v) is 7.43. The molecule has 3 heterocycles. The Balaban J connectivity index is 1.82. The maximum atomic E-state index is 9.82. The summed E-state index contributed by atoms with van der Waals surface area (Å²) in [5.41, 5.74) is 4.02. The van der Waals surface area contributed by atoms with Crippen molar-refractivity contribution in [2.45, 2.75) is 13.5 Å². The Morgan fingerprint density at radius 1 is 1.18 bits per heavy atom. The van der Waals surface area contributed by atoms with Crippen LogP contribution in [0.1, 0.15) is 17.0 Å². The van der Waals surface area contributed by atoms with Crippen LogP contribution in [0.25, 0.3) is 21.7 Å². The van der Waals surface area contributed by atoms with E-state index in [0.29, 0.717) is 16.2 Å². The van der Waals surface area contributed by atoms with Gasteiger partial charge >= 0.3 is 0 Å². The Morgan fingerprint density at radius 2 is 2.00 bits per heavy atom. The van der Waals surface area contributed by atoms with Crippen LogP contribution in [-0.2, 0) is 6.61 Å². The summed E-state index contributed by atoms with van der Waals surface area (Å²) in [6.45, 7) is 2.15. The number of aryl methyl sites for hydroxylation is 1. The molecule has 3 aromatic heterocycles. The molecule has 8 heteroatoms. The van der Waals surface area contributed by atoms with E-state index in [0.717, 1.165) is 27.3 Å². The van der Waals surface area contributed by atoms with Crippen LogP contribution in [0, 0.1) is 23.0 Å². The summed E-state index contributed by atoms with van der Waals surface area (Å²) < 4.78 is 6.21. The molecule has 0 aliphatic heterocycles. The molecular formula is C20H15N5OS2. The Bertz CT molecular complexity index is 1200. The average molecular weight is 406 g/mol. The SMILES string of the molecule is Cc1ccc(-c2cc(-c3cccs3)nc(OCc3nc(=S)[nH][nH]3)c2C#N)cc1. The zero-order valence-corrected chi connectivity index (χ0v) is 16.5. The van der Waals surface area contributed by atoms with E-state index in [1.54, 1.807) is 11.3 Å². The fourth-order valence-corrected chi connectivity index (χ4v) is 3.60. The number of benzene rings is 1. The predicted molar refractivity (Wildman–Crippen MR) is 111 cm³/mol. The lowest BCUT2D eigenvalue weighted by molar-refractivity contribution is 0.284. The van der Waals surface area contributed by atoms with Crippen molar-refractivity contribution in [1.29, 1.82) is 5.26 Å². The number of thiophene rings is 1. The molecule has 4 rings (SSSR count). The smallest absolute Gasteiger partial charge is 0.233 e. The van der Waals surface area contributed by atoms with E-state index in [9.17, 15) is 5.26 Å². The van der Waals surface area contributed by atoms with Gasteiger partial charge in [-0.2, -0.15) is 5.26 Å². The van der Waals surface area contributed by atoms with Crippen LogP contribution in [0.15, 0.2) is 47.8 Å². The largest absolute Gasteiger partial charge is 0.468 e. The van der Waals surface area contributed by atoms with Crippen LogP contribution < -0.4 is 4.74 Å². The van der Waals surface area contributed by atoms with Crippen molar-refractivity contribution in [2.75, 3.05) is 0 Å². The van der Waals surface area contributed by atoms with Crippen molar-refractivity contribution in [3.05, 3.63) is 69.6 Å². The number of nitriles is 1. The topological polar surface area (TPSA) is 90.4 Å². The number of pyridine rings is 1. The maximum Gasteiger partial charge on any atom is 0.233 e. The molecule has 2 N–H and O–H groups in total. The minimum Gasteiger partial charge on any atom is -0.468 e. The van der Waals surface area contributed by atoms with Gasteiger partial charge in [0.05, 0.1) is 10.6 Å². The number of rotatable bonds is 5. The fraction of sp³-hybridized carbons (Fsp3) is 0.100. The number of nitrogens with one attached hydrogen (secondary N) is 2. The molecule has 0 bridgehead atoms. The number of hydrogen-bond acceptors (Lipinski definition) is 6. The second-order valence-electron chi connectivity index (χ2n) is 6.09. The molecule has 0 amide bonds. The zero-order chi connectivity index (χ0) is 19.5.